The lowest BCUT2D eigenvalue weighted by molar-refractivity contribution is -0.144. The molecule has 1 saturated heterocycles. The summed E-state index contributed by atoms with van der Waals surface area (Å²) in [4.78, 5) is 25.8. The second kappa shape index (κ2) is 8.24. The average molecular weight is 336 g/mol. The second-order valence-corrected chi connectivity index (χ2v) is 6.77. The molecule has 1 fully saturated rings. The Morgan fingerprint density at radius 3 is 2.79 bits per heavy atom. The largest absolute Gasteiger partial charge is 0.480 e. The van der Waals surface area contributed by atoms with Crippen molar-refractivity contribution >= 4 is 11.9 Å². The van der Waals surface area contributed by atoms with E-state index in [9.17, 15) is 19.1 Å². The number of benzene rings is 1. The Bertz CT molecular complexity index is 591. The second-order valence-electron chi connectivity index (χ2n) is 6.77. The van der Waals surface area contributed by atoms with Crippen molar-refractivity contribution in [3.63, 3.8) is 0 Å². The van der Waals surface area contributed by atoms with Gasteiger partial charge in [-0.05, 0) is 43.0 Å². The number of hydrogen-bond donors (Lipinski definition) is 2. The zero-order valence-electron chi connectivity index (χ0n) is 14.2. The molecule has 0 aromatic heterocycles. The number of nitrogens with one attached hydrogen (secondary N) is 1. The van der Waals surface area contributed by atoms with Gasteiger partial charge < -0.3 is 10.4 Å². The minimum atomic E-state index is -1.01. The van der Waals surface area contributed by atoms with Crippen molar-refractivity contribution in [1.82, 2.24) is 10.2 Å². The maximum absolute atomic E-state index is 13.3. The van der Waals surface area contributed by atoms with Crippen LogP contribution >= 0.6 is 0 Å². The molecule has 1 aliphatic heterocycles. The number of carbonyl (C=O) groups is 2. The summed E-state index contributed by atoms with van der Waals surface area (Å²) in [6.07, 6.45) is 1.61. The van der Waals surface area contributed by atoms with Crippen molar-refractivity contribution in [2.45, 2.75) is 39.3 Å². The lowest BCUT2D eigenvalue weighted by Crippen LogP contribution is -2.49. The van der Waals surface area contributed by atoms with Crippen molar-refractivity contribution < 1.29 is 19.1 Å². The summed E-state index contributed by atoms with van der Waals surface area (Å²) in [7, 11) is 0. The molecule has 2 rings (SSSR count). The monoisotopic (exact) mass is 336 g/mol. The van der Waals surface area contributed by atoms with Crippen molar-refractivity contribution in [3.8, 4) is 0 Å². The van der Waals surface area contributed by atoms with E-state index < -0.39 is 12.0 Å². The summed E-state index contributed by atoms with van der Waals surface area (Å²) in [5.41, 5.74) is 0.877. The van der Waals surface area contributed by atoms with Gasteiger partial charge in [-0.3, -0.25) is 9.69 Å². The molecule has 0 radical (unpaired) electrons. The van der Waals surface area contributed by atoms with Crippen LogP contribution in [0.1, 0.15) is 32.3 Å². The van der Waals surface area contributed by atoms with E-state index in [2.05, 4.69) is 10.2 Å². The predicted octanol–water partition coefficient (Wildman–Crippen LogP) is 2.26. The van der Waals surface area contributed by atoms with Gasteiger partial charge in [0.25, 0.3) is 0 Å². The molecular weight excluding hydrogens is 311 g/mol. The van der Waals surface area contributed by atoms with Crippen LogP contribution < -0.4 is 5.32 Å². The van der Waals surface area contributed by atoms with Crippen LogP contribution in [0.15, 0.2) is 24.3 Å². The van der Waals surface area contributed by atoms with Crippen LogP contribution in [0.3, 0.4) is 0 Å². The Morgan fingerprint density at radius 1 is 1.42 bits per heavy atom. The number of piperidine rings is 1. The highest BCUT2D eigenvalue weighted by Crippen LogP contribution is 2.19. The van der Waals surface area contributed by atoms with E-state index in [1.807, 2.05) is 6.07 Å². The van der Waals surface area contributed by atoms with E-state index in [1.165, 1.54) is 12.1 Å². The standard InChI is InChI=1S/C18H25FN2O3/c1-12(2)16(18(23)24)20-17(22)14-6-4-8-21(11-14)10-13-5-3-7-15(19)9-13/h3,5,7,9,12,14,16H,4,6,8,10-11H2,1-2H3,(H,20,22)(H,23,24)/t14?,16-/m0/s1. The van der Waals surface area contributed by atoms with Crippen molar-refractivity contribution in [2.75, 3.05) is 13.1 Å². The Labute approximate surface area is 141 Å². The van der Waals surface area contributed by atoms with E-state index in [0.717, 1.165) is 24.9 Å². The fraction of sp³-hybridized carbons (Fsp3) is 0.556. The van der Waals surface area contributed by atoms with Crippen LogP contribution in [-0.2, 0) is 16.1 Å². The molecule has 132 valence electrons. The predicted molar refractivity (Wildman–Crippen MR) is 88.8 cm³/mol. The number of rotatable bonds is 6. The summed E-state index contributed by atoms with van der Waals surface area (Å²) in [5.74, 6) is -1.88. The zero-order valence-corrected chi connectivity index (χ0v) is 14.2. The number of hydrogen-bond acceptors (Lipinski definition) is 3. The number of aliphatic carboxylic acids is 1. The molecule has 1 aromatic rings. The normalized spacial score (nSPS) is 19.9. The lowest BCUT2D eigenvalue weighted by atomic mass is 9.95. The Kier molecular flexibility index (Phi) is 6.31. The van der Waals surface area contributed by atoms with Gasteiger partial charge in [-0.25, -0.2) is 9.18 Å². The third-order valence-electron chi connectivity index (χ3n) is 4.40. The molecule has 0 bridgehead atoms. The van der Waals surface area contributed by atoms with E-state index in [0.29, 0.717) is 13.1 Å². The molecule has 0 spiro atoms. The highest BCUT2D eigenvalue weighted by atomic mass is 19.1. The van der Waals surface area contributed by atoms with Gasteiger partial charge >= 0.3 is 5.97 Å². The minimum Gasteiger partial charge on any atom is -0.480 e. The maximum atomic E-state index is 13.3. The quantitative estimate of drug-likeness (QED) is 0.836. The highest BCUT2D eigenvalue weighted by molar-refractivity contribution is 5.85. The number of carbonyl (C=O) groups excluding carboxylic acids is 1. The van der Waals surface area contributed by atoms with Crippen LogP contribution in [0.25, 0.3) is 0 Å². The van der Waals surface area contributed by atoms with Gasteiger partial charge in [0.05, 0.1) is 5.92 Å². The molecule has 6 heteroatoms. The minimum absolute atomic E-state index is 0.168. The molecule has 1 aliphatic rings. The summed E-state index contributed by atoms with van der Waals surface area (Å²) >= 11 is 0. The molecule has 24 heavy (non-hydrogen) atoms. The van der Waals surface area contributed by atoms with Gasteiger partial charge in [-0.1, -0.05) is 26.0 Å². The van der Waals surface area contributed by atoms with Gasteiger partial charge in [-0.15, -0.1) is 0 Å². The van der Waals surface area contributed by atoms with Gasteiger partial charge in [0, 0.05) is 13.1 Å². The molecular formula is C18H25FN2O3. The SMILES string of the molecule is CC(C)[C@H](NC(=O)C1CCCN(Cc2cccc(F)c2)C1)C(=O)O. The Balaban J connectivity index is 1.94. The smallest absolute Gasteiger partial charge is 0.326 e. The molecule has 5 nitrogen and oxygen atoms in total. The molecule has 1 heterocycles. The molecule has 1 amide bonds. The van der Waals surface area contributed by atoms with Gasteiger partial charge in [-0.2, -0.15) is 0 Å². The molecule has 0 aliphatic carbocycles. The van der Waals surface area contributed by atoms with Crippen LogP contribution in [0.2, 0.25) is 0 Å². The third-order valence-corrected chi connectivity index (χ3v) is 4.40. The van der Waals surface area contributed by atoms with Crippen molar-refractivity contribution in [2.24, 2.45) is 11.8 Å². The number of carboxylic acids is 1. The molecule has 1 unspecified atom stereocenters. The van der Waals surface area contributed by atoms with Crippen molar-refractivity contribution in [1.29, 1.82) is 0 Å². The Morgan fingerprint density at radius 2 is 2.17 bits per heavy atom. The highest BCUT2D eigenvalue weighted by Gasteiger charge is 2.30. The van der Waals surface area contributed by atoms with Gasteiger partial charge in [0.2, 0.25) is 5.91 Å². The lowest BCUT2D eigenvalue weighted by Gasteiger charge is -2.33. The summed E-state index contributed by atoms with van der Waals surface area (Å²) < 4.78 is 13.3. The Hall–Kier alpha value is -1.95. The first-order chi connectivity index (χ1) is 11.4. The molecule has 0 saturated carbocycles. The number of halogens is 1. The summed E-state index contributed by atoms with van der Waals surface area (Å²) in [6, 6.07) is 5.60. The van der Waals surface area contributed by atoms with E-state index in [1.54, 1.807) is 19.9 Å². The van der Waals surface area contributed by atoms with E-state index in [-0.39, 0.29) is 23.6 Å². The van der Waals surface area contributed by atoms with Gasteiger partial charge in [0.15, 0.2) is 0 Å². The number of amides is 1. The van der Waals surface area contributed by atoms with E-state index >= 15 is 0 Å². The summed E-state index contributed by atoms with van der Waals surface area (Å²) in [5, 5.41) is 11.9. The fourth-order valence-electron chi connectivity index (χ4n) is 3.09. The van der Waals surface area contributed by atoms with Crippen LogP contribution in [0.5, 0.6) is 0 Å². The van der Waals surface area contributed by atoms with Gasteiger partial charge in [0.1, 0.15) is 11.9 Å². The third kappa shape index (κ3) is 5.03. The fourth-order valence-corrected chi connectivity index (χ4v) is 3.09. The van der Waals surface area contributed by atoms with Crippen molar-refractivity contribution in [3.05, 3.63) is 35.6 Å². The summed E-state index contributed by atoms with van der Waals surface area (Å²) in [6.45, 7) is 5.56. The topological polar surface area (TPSA) is 69.6 Å². The first kappa shape index (κ1) is 18.4. The first-order valence-electron chi connectivity index (χ1n) is 8.36. The maximum Gasteiger partial charge on any atom is 0.326 e. The number of likely N-dealkylation sites (tertiary alicyclic amines) is 1. The van der Waals surface area contributed by atoms with Crippen LogP contribution in [-0.4, -0.2) is 41.0 Å². The first-order valence-corrected chi connectivity index (χ1v) is 8.36. The molecule has 2 N–H and O–H groups in total. The average Bonchev–Trinajstić information content (AvgIpc) is 2.52. The number of carboxylic acid groups (broad SMARTS) is 1. The molecule has 2 atom stereocenters. The zero-order chi connectivity index (χ0) is 17.7. The van der Waals surface area contributed by atoms with E-state index in [4.69, 9.17) is 0 Å². The number of nitrogens with zero attached hydrogens (tertiary/aromatic N) is 1. The molecule has 1 aromatic carbocycles. The van der Waals surface area contributed by atoms with Crippen LogP contribution in [0, 0.1) is 17.7 Å². The van der Waals surface area contributed by atoms with Crippen LogP contribution in [0.4, 0.5) is 4.39 Å².